The van der Waals surface area contributed by atoms with Crippen molar-refractivity contribution in [3.8, 4) is 11.4 Å². The van der Waals surface area contributed by atoms with Crippen molar-refractivity contribution in [2.75, 3.05) is 13.7 Å². The molecule has 2 aromatic carbocycles. The molecule has 1 N–H and O–H groups in total. The van der Waals surface area contributed by atoms with Crippen LogP contribution in [0.3, 0.4) is 0 Å². The number of methoxy groups -OCH3 is 1. The van der Waals surface area contributed by atoms with E-state index in [1.807, 2.05) is 18.2 Å². The minimum atomic E-state index is 0.171. The zero-order valence-electron chi connectivity index (χ0n) is 12.9. The van der Waals surface area contributed by atoms with E-state index >= 15 is 0 Å². The molecule has 0 aliphatic carbocycles. The molecule has 0 amide bonds. The van der Waals surface area contributed by atoms with Crippen molar-refractivity contribution in [3.63, 3.8) is 0 Å². The van der Waals surface area contributed by atoms with E-state index in [0.29, 0.717) is 6.42 Å². The monoisotopic (exact) mass is 296 g/mol. The molecule has 114 valence electrons. The Kier molecular flexibility index (Phi) is 4.11. The van der Waals surface area contributed by atoms with Crippen molar-refractivity contribution in [1.29, 1.82) is 0 Å². The van der Waals surface area contributed by atoms with E-state index in [1.165, 1.54) is 0 Å². The average Bonchev–Trinajstić information content (AvgIpc) is 2.93. The number of benzene rings is 2. The molecule has 0 atom stereocenters. The first kappa shape index (κ1) is 14.6. The summed E-state index contributed by atoms with van der Waals surface area (Å²) in [6, 6.07) is 14.2. The van der Waals surface area contributed by atoms with Gasteiger partial charge in [-0.3, -0.25) is 4.57 Å². The van der Waals surface area contributed by atoms with E-state index in [-0.39, 0.29) is 6.61 Å². The van der Waals surface area contributed by atoms with E-state index in [4.69, 9.17) is 14.8 Å². The zero-order chi connectivity index (χ0) is 15.5. The van der Waals surface area contributed by atoms with Gasteiger partial charge < -0.3 is 9.84 Å². The third kappa shape index (κ3) is 2.57. The summed E-state index contributed by atoms with van der Waals surface area (Å²) in [5.41, 5.74) is 4.23. The van der Waals surface area contributed by atoms with Gasteiger partial charge in [-0.2, -0.15) is 0 Å². The zero-order valence-corrected chi connectivity index (χ0v) is 12.9. The molecule has 0 spiro atoms. The Morgan fingerprint density at radius 3 is 2.55 bits per heavy atom. The highest BCUT2D eigenvalue weighted by molar-refractivity contribution is 5.80. The van der Waals surface area contributed by atoms with Crippen LogP contribution in [0, 0.1) is 0 Å². The summed E-state index contributed by atoms with van der Waals surface area (Å²) in [6.07, 6.45) is 1.54. The molecule has 0 fully saturated rings. The summed E-state index contributed by atoms with van der Waals surface area (Å²) in [6.45, 7) is 2.28. The molecular weight excluding hydrogens is 276 g/mol. The Labute approximate surface area is 130 Å². The van der Waals surface area contributed by atoms with Gasteiger partial charge in [-0.25, -0.2) is 4.98 Å². The van der Waals surface area contributed by atoms with Gasteiger partial charge >= 0.3 is 0 Å². The number of aliphatic hydroxyl groups is 1. The molecule has 3 rings (SSSR count). The lowest BCUT2D eigenvalue weighted by molar-refractivity contribution is 0.299. The molecule has 0 radical (unpaired) electrons. The number of aromatic nitrogens is 2. The van der Waals surface area contributed by atoms with Crippen molar-refractivity contribution < 1.29 is 9.84 Å². The minimum absolute atomic E-state index is 0.171. The molecule has 4 heteroatoms. The maximum Gasteiger partial charge on any atom is 0.121 e. The number of hydrogen-bond acceptors (Lipinski definition) is 3. The van der Waals surface area contributed by atoms with E-state index in [9.17, 15) is 0 Å². The Bertz CT molecular complexity index is 776. The molecule has 0 unspecified atom stereocenters. The van der Waals surface area contributed by atoms with Crippen molar-refractivity contribution in [2.45, 2.75) is 19.8 Å². The van der Waals surface area contributed by atoms with E-state index < -0.39 is 0 Å². The highest BCUT2D eigenvalue weighted by Gasteiger charge is 2.12. The topological polar surface area (TPSA) is 47.3 Å². The Balaban J connectivity index is 2.14. The third-order valence-electron chi connectivity index (χ3n) is 3.84. The SMILES string of the molecule is CCc1nc2ccc(OC)cc2n1-c1ccc(CCO)cc1. The van der Waals surface area contributed by atoms with Gasteiger partial charge in [-0.1, -0.05) is 19.1 Å². The molecule has 0 saturated heterocycles. The summed E-state index contributed by atoms with van der Waals surface area (Å²) in [5.74, 6) is 1.85. The smallest absolute Gasteiger partial charge is 0.121 e. The predicted octanol–water partition coefficient (Wildman–Crippen LogP) is 3.13. The van der Waals surface area contributed by atoms with Crippen molar-refractivity contribution in [3.05, 3.63) is 53.9 Å². The second-order valence-electron chi connectivity index (χ2n) is 5.21. The number of hydrogen-bond donors (Lipinski definition) is 1. The Morgan fingerprint density at radius 2 is 1.91 bits per heavy atom. The van der Waals surface area contributed by atoms with Gasteiger partial charge in [0.05, 0.1) is 18.1 Å². The van der Waals surface area contributed by atoms with Crippen molar-refractivity contribution in [1.82, 2.24) is 9.55 Å². The van der Waals surface area contributed by atoms with Crippen LogP contribution in [0.1, 0.15) is 18.3 Å². The summed E-state index contributed by atoms with van der Waals surface area (Å²) < 4.78 is 7.51. The number of imidazole rings is 1. The van der Waals surface area contributed by atoms with Crippen LogP contribution in [-0.4, -0.2) is 28.4 Å². The number of nitrogens with zero attached hydrogens (tertiary/aromatic N) is 2. The summed E-state index contributed by atoms with van der Waals surface area (Å²) >= 11 is 0. The number of aliphatic hydroxyl groups excluding tert-OH is 1. The lowest BCUT2D eigenvalue weighted by Gasteiger charge is -2.10. The summed E-state index contributed by atoms with van der Waals surface area (Å²) in [7, 11) is 1.67. The minimum Gasteiger partial charge on any atom is -0.497 e. The molecule has 3 aromatic rings. The van der Waals surface area contributed by atoms with Crippen LogP contribution in [0.15, 0.2) is 42.5 Å². The van der Waals surface area contributed by atoms with E-state index in [0.717, 1.165) is 40.3 Å². The standard InChI is InChI=1S/C18H20N2O2/c1-3-18-19-16-9-8-15(22-2)12-17(16)20(18)14-6-4-13(5-7-14)10-11-21/h4-9,12,21H,3,10-11H2,1-2H3. The van der Waals surface area contributed by atoms with Gasteiger partial charge in [0.15, 0.2) is 0 Å². The fourth-order valence-electron chi connectivity index (χ4n) is 2.70. The number of aryl methyl sites for hydroxylation is 1. The molecular formula is C18H20N2O2. The second-order valence-corrected chi connectivity index (χ2v) is 5.21. The van der Waals surface area contributed by atoms with Crippen LogP contribution in [-0.2, 0) is 12.8 Å². The Hall–Kier alpha value is -2.33. The first-order valence-electron chi connectivity index (χ1n) is 7.52. The van der Waals surface area contributed by atoms with Crippen LogP contribution in [0.4, 0.5) is 0 Å². The predicted molar refractivity (Wildman–Crippen MR) is 87.8 cm³/mol. The molecule has 0 aliphatic rings. The van der Waals surface area contributed by atoms with Gasteiger partial charge in [-0.15, -0.1) is 0 Å². The number of rotatable bonds is 5. The molecule has 0 saturated carbocycles. The maximum absolute atomic E-state index is 9.03. The molecule has 22 heavy (non-hydrogen) atoms. The lowest BCUT2D eigenvalue weighted by atomic mass is 10.1. The fraction of sp³-hybridized carbons (Fsp3) is 0.278. The summed E-state index contributed by atoms with van der Waals surface area (Å²) in [5, 5.41) is 9.03. The van der Waals surface area contributed by atoms with Crippen LogP contribution in [0.5, 0.6) is 5.75 Å². The van der Waals surface area contributed by atoms with Gasteiger partial charge in [-0.05, 0) is 36.2 Å². The van der Waals surface area contributed by atoms with Crippen molar-refractivity contribution >= 4 is 11.0 Å². The quantitative estimate of drug-likeness (QED) is 0.787. The van der Waals surface area contributed by atoms with Gasteiger partial charge in [0, 0.05) is 24.8 Å². The molecule has 0 bridgehead atoms. The molecule has 1 heterocycles. The van der Waals surface area contributed by atoms with Gasteiger partial charge in [0.2, 0.25) is 0 Å². The van der Waals surface area contributed by atoms with Crippen LogP contribution < -0.4 is 4.74 Å². The molecule has 1 aromatic heterocycles. The first-order chi connectivity index (χ1) is 10.8. The first-order valence-corrected chi connectivity index (χ1v) is 7.52. The highest BCUT2D eigenvalue weighted by Crippen LogP contribution is 2.26. The number of fused-ring (bicyclic) bond motifs is 1. The number of ether oxygens (including phenoxy) is 1. The third-order valence-corrected chi connectivity index (χ3v) is 3.84. The average molecular weight is 296 g/mol. The highest BCUT2D eigenvalue weighted by atomic mass is 16.5. The van der Waals surface area contributed by atoms with Gasteiger partial charge in [0.1, 0.15) is 11.6 Å². The summed E-state index contributed by atoms with van der Waals surface area (Å²) in [4.78, 5) is 4.71. The molecule has 0 aliphatic heterocycles. The maximum atomic E-state index is 9.03. The van der Waals surface area contributed by atoms with Crippen molar-refractivity contribution in [2.24, 2.45) is 0 Å². The van der Waals surface area contributed by atoms with Crippen LogP contribution in [0.2, 0.25) is 0 Å². The van der Waals surface area contributed by atoms with E-state index in [2.05, 4.69) is 35.8 Å². The van der Waals surface area contributed by atoms with E-state index in [1.54, 1.807) is 7.11 Å². The molecule has 4 nitrogen and oxygen atoms in total. The fourth-order valence-corrected chi connectivity index (χ4v) is 2.70. The second kappa shape index (κ2) is 6.20. The normalized spacial score (nSPS) is 11.0. The van der Waals surface area contributed by atoms with Gasteiger partial charge in [0.25, 0.3) is 0 Å². The van der Waals surface area contributed by atoms with Crippen LogP contribution in [0.25, 0.3) is 16.7 Å². The largest absolute Gasteiger partial charge is 0.497 e. The Morgan fingerprint density at radius 1 is 1.14 bits per heavy atom. The lowest BCUT2D eigenvalue weighted by Crippen LogP contribution is -2.00. The van der Waals surface area contributed by atoms with Crippen LogP contribution >= 0.6 is 0 Å².